The van der Waals surface area contributed by atoms with Gasteiger partial charge in [0.1, 0.15) is 49.2 Å². The number of rotatable bonds is 16. The van der Waals surface area contributed by atoms with Crippen LogP contribution < -0.4 is 21.3 Å². The Morgan fingerprint density at radius 1 is 0.280 bits per heavy atom. The number of phenols is 4. The lowest BCUT2D eigenvalue weighted by molar-refractivity contribution is -0.151. The summed E-state index contributed by atoms with van der Waals surface area (Å²) in [6.45, 7) is -2.00. The van der Waals surface area contributed by atoms with Gasteiger partial charge < -0.3 is 62.1 Å². The van der Waals surface area contributed by atoms with Crippen molar-refractivity contribution in [3.63, 3.8) is 0 Å². The fraction of sp³-hybridized carbons (Fsp3) is 0.600. The molecule has 4 aromatic carbocycles. The molecule has 24 bridgehead atoms. The summed E-state index contributed by atoms with van der Waals surface area (Å²) < 4.78 is 0. The number of fused-ring (bicyclic) bond motifs is 8. The molecular formula is C80H92N4O16. The average Bonchev–Trinajstić information content (AvgIpc) is 0.722. The smallest absolute Gasteiger partial charge is 0.322 e. The van der Waals surface area contributed by atoms with E-state index in [1.54, 1.807) is 0 Å². The van der Waals surface area contributed by atoms with Crippen LogP contribution in [0.25, 0.3) is 0 Å². The van der Waals surface area contributed by atoms with Gasteiger partial charge in [-0.05, 0) is 290 Å². The van der Waals surface area contributed by atoms with Gasteiger partial charge >= 0.3 is 23.9 Å². The van der Waals surface area contributed by atoms with Gasteiger partial charge in [-0.3, -0.25) is 38.4 Å². The molecule has 8 unspecified atom stereocenters. The van der Waals surface area contributed by atoms with Crippen LogP contribution in [0.2, 0.25) is 0 Å². The summed E-state index contributed by atoms with van der Waals surface area (Å²) in [5, 5.41) is 104. The third kappa shape index (κ3) is 10.5. The van der Waals surface area contributed by atoms with Crippen LogP contribution in [-0.4, -0.2) is 115 Å². The van der Waals surface area contributed by atoms with E-state index in [9.17, 15) is 79.2 Å². The van der Waals surface area contributed by atoms with Gasteiger partial charge in [0, 0.05) is 25.7 Å². The number of phenolic OH excluding ortho intramolecular Hbond substituents is 4. The molecule has 21 rings (SSSR count). The molecule has 17 aliphatic carbocycles. The van der Waals surface area contributed by atoms with Crippen LogP contribution in [0.15, 0.2) is 48.5 Å². The van der Waals surface area contributed by atoms with Crippen molar-refractivity contribution < 1.29 is 79.2 Å². The first-order chi connectivity index (χ1) is 47.6. The lowest BCUT2D eigenvalue weighted by atomic mass is 9.42. The molecule has 0 aliphatic heterocycles. The second-order valence-electron chi connectivity index (χ2n) is 35.7. The standard InChI is InChI=1S/C80H92N4O16/c85-61(86)33-81-69(97)77-25-41-1-42(26-77)18-73(17-41,37-77)57-9-49-5-51-11-58(74-19-43-2-44(20-74)28-78(27-43,38-74)70(98)82-34-62(87)88)13-53(66(51)94)7-55-15-60(76-23-47-4-48(24-76)32-80(31-47,40-76)72(100)84-36-64(91)92)16-56(68(55)96)8-54-14-59(12-52(67(54)95)6-50(10-57)65(49)93)75-21-45-3-46(22-75)30-79(29-45,39-75)71(99)83-35-63(89)90/h9-16,41-48,93-96H,1-8,17-40H2,(H,81,97)(H,82,98)(H,83,99)(H,84,100)(H,85,86)(H,87,88)(H,89,90)(H,91,92). The van der Waals surface area contributed by atoms with E-state index < -0.39 is 93.4 Å². The molecule has 528 valence electrons. The Morgan fingerprint density at radius 3 is 0.590 bits per heavy atom. The second kappa shape index (κ2) is 22.7. The van der Waals surface area contributed by atoms with Crippen molar-refractivity contribution in [3.8, 4) is 23.0 Å². The van der Waals surface area contributed by atoms with E-state index in [1.807, 2.05) is 48.5 Å². The second-order valence-corrected chi connectivity index (χ2v) is 35.7. The van der Waals surface area contributed by atoms with Crippen molar-refractivity contribution in [1.29, 1.82) is 0 Å². The molecule has 4 aromatic rings. The Hall–Kier alpha value is -8.16. The summed E-state index contributed by atoms with van der Waals surface area (Å²) in [6, 6.07) is 16.4. The van der Waals surface area contributed by atoms with Crippen LogP contribution in [0.5, 0.6) is 23.0 Å². The molecule has 20 heteroatoms. The highest BCUT2D eigenvalue weighted by Gasteiger charge is 2.66. The van der Waals surface area contributed by atoms with Crippen molar-refractivity contribution in [3.05, 3.63) is 115 Å². The molecular weight excluding hydrogens is 1270 g/mol. The first-order valence-electron chi connectivity index (χ1n) is 37.0. The summed E-state index contributed by atoms with van der Waals surface area (Å²) in [5.41, 5.74) is 2.10. The summed E-state index contributed by atoms with van der Waals surface area (Å²) in [7, 11) is 0. The predicted molar refractivity (Wildman–Crippen MR) is 361 cm³/mol. The largest absolute Gasteiger partial charge is 0.507 e. The summed E-state index contributed by atoms with van der Waals surface area (Å²) >= 11 is 0. The van der Waals surface area contributed by atoms with Crippen molar-refractivity contribution in [2.75, 3.05) is 26.2 Å². The van der Waals surface area contributed by atoms with Gasteiger partial charge in [0.15, 0.2) is 0 Å². The lowest BCUT2D eigenvalue weighted by Gasteiger charge is -2.61. The number of aliphatic carboxylic acids is 4. The van der Waals surface area contributed by atoms with Gasteiger partial charge in [-0.15, -0.1) is 0 Å². The van der Waals surface area contributed by atoms with Crippen molar-refractivity contribution in [1.82, 2.24) is 21.3 Å². The summed E-state index contributed by atoms with van der Waals surface area (Å²) in [6.07, 6.45) is 16.8. The third-order valence-electron chi connectivity index (χ3n) is 28.8. The zero-order valence-electron chi connectivity index (χ0n) is 56.7. The quantitative estimate of drug-likeness (QED) is 0.0437. The number of aromatic hydroxyl groups is 4. The molecule has 17 aliphatic rings. The first-order valence-corrected chi connectivity index (χ1v) is 37.0. The van der Waals surface area contributed by atoms with Crippen molar-refractivity contribution in [2.24, 2.45) is 69.0 Å². The number of carboxylic acid groups (broad SMARTS) is 4. The van der Waals surface area contributed by atoms with Crippen LogP contribution in [0.3, 0.4) is 0 Å². The maximum atomic E-state index is 14.5. The Morgan fingerprint density at radius 2 is 0.440 bits per heavy atom. The Bertz CT molecular complexity index is 3580. The number of carbonyl (C=O) groups is 8. The molecule has 8 atom stereocenters. The predicted octanol–water partition coefficient (Wildman–Crippen LogP) is 9.34. The molecule has 0 heterocycles. The fourth-order valence-electron chi connectivity index (χ4n) is 27.0. The molecule has 20 nitrogen and oxygen atoms in total. The minimum absolute atomic E-state index is 0.0179. The summed E-state index contributed by atoms with van der Waals surface area (Å²) in [4.78, 5) is 106. The van der Waals surface area contributed by atoms with E-state index in [0.717, 1.165) is 99.3 Å². The normalized spacial score (nSPS) is 36.8. The van der Waals surface area contributed by atoms with Gasteiger partial charge in [-0.1, -0.05) is 48.5 Å². The topological polar surface area (TPSA) is 347 Å². The minimum atomic E-state index is -1.13. The molecule has 12 N–H and O–H groups in total. The SMILES string of the molecule is O=C(O)CNC(=O)C12CC3CC(C1)CC(c1cc4c(O)c(c1)Cc1cc(C56CC7CC(CC(C(=O)NCC(=O)O)(C7)C5)C6)cc(c1O)Cc1cc(C56CC7CC(CC(C(=O)NCC(=O)O)(C7)C5)C6)cc(c1O)Cc1cc(C56CC7CC(CC(C(=O)NCC(=O)O)(C7)C5)C6)cc(c1O)C4)(C3)C2. The van der Waals surface area contributed by atoms with Crippen LogP contribution in [0, 0.1) is 69.0 Å². The molecule has 0 aromatic heterocycles. The maximum absolute atomic E-state index is 14.5. The molecule has 16 fully saturated rings. The average molecular weight is 1370 g/mol. The number of hydrogen-bond donors (Lipinski definition) is 12. The van der Waals surface area contributed by atoms with E-state index in [1.165, 1.54) is 0 Å². The third-order valence-corrected chi connectivity index (χ3v) is 28.8. The Balaban J connectivity index is 0.863. The zero-order chi connectivity index (χ0) is 69.6. The monoisotopic (exact) mass is 1360 g/mol. The number of amides is 4. The highest BCUT2D eigenvalue weighted by molar-refractivity contribution is 5.89. The number of benzene rings is 4. The lowest BCUT2D eigenvalue weighted by Crippen LogP contribution is -2.59. The molecule has 16 saturated carbocycles. The Kier molecular flexibility index (Phi) is 14.8. The van der Waals surface area contributed by atoms with Gasteiger partial charge in [-0.2, -0.15) is 0 Å². The number of hydrogen-bond acceptors (Lipinski definition) is 12. The fourth-order valence-corrected chi connectivity index (χ4v) is 27.0. The number of nitrogens with one attached hydrogen (secondary N) is 4. The van der Waals surface area contributed by atoms with Gasteiger partial charge in [-0.25, -0.2) is 0 Å². The summed E-state index contributed by atoms with van der Waals surface area (Å²) in [5.74, 6) is -4.36. The van der Waals surface area contributed by atoms with Crippen LogP contribution in [-0.2, 0) is 85.7 Å². The van der Waals surface area contributed by atoms with E-state index in [2.05, 4.69) is 21.3 Å². The van der Waals surface area contributed by atoms with Gasteiger partial charge in [0.2, 0.25) is 23.6 Å². The van der Waals surface area contributed by atoms with Crippen LogP contribution in [0.1, 0.15) is 221 Å². The zero-order valence-corrected chi connectivity index (χ0v) is 56.7. The molecule has 0 radical (unpaired) electrons. The van der Waals surface area contributed by atoms with Gasteiger partial charge in [0.25, 0.3) is 0 Å². The highest BCUT2D eigenvalue weighted by Crippen LogP contribution is 2.71. The first kappa shape index (κ1) is 65.2. The molecule has 100 heavy (non-hydrogen) atoms. The van der Waals surface area contributed by atoms with E-state index in [-0.39, 0.29) is 120 Å². The molecule has 0 spiro atoms. The van der Waals surface area contributed by atoms with Crippen LogP contribution in [0.4, 0.5) is 0 Å². The maximum Gasteiger partial charge on any atom is 0.322 e. The van der Waals surface area contributed by atoms with Crippen molar-refractivity contribution >= 4 is 47.5 Å². The molecule has 0 saturated heterocycles. The highest BCUT2D eigenvalue weighted by atomic mass is 16.4. The number of carbonyl (C=O) groups excluding carboxylic acids is 4. The van der Waals surface area contributed by atoms with E-state index >= 15 is 0 Å². The molecule has 4 amide bonds. The van der Waals surface area contributed by atoms with Crippen molar-refractivity contribution in [2.45, 2.75) is 201 Å². The van der Waals surface area contributed by atoms with Crippen LogP contribution >= 0.6 is 0 Å². The van der Waals surface area contributed by atoms with E-state index in [0.29, 0.717) is 122 Å². The minimum Gasteiger partial charge on any atom is -0.507 e. The number of carboxylic acids is 4. The van der Waals surface area contributed by atoms with Gasteiger partial charge in [0.05, 0.1) is 21.7 Å². The Labute approximate surface area is 580 Å². The van der Waals surface area contributed by atoms with E-state index in [4.69, 9.17) is 0 Å².